The minimum Gasteiger partial charge on any atom is -0.322 e. The number of carbonyl (C=O) groups excluding carboxylic acids is 1. The molecule has 0 fully saturated rings. The largest absolute Gasteiger partial charge is 0.322 e. The van der Waals surface area contributed by atoms with Crippen LogP contribution in [0.15, 0.2) is 46.9 Å². The monoisotopic (exact) mass is 345 g/mol. The maximum atomic E-state index is 12.5. The molecule has 1 N–H and O–H groups in total. The van der Waals surface area contributed by atoms with Gasteiger partial charge >= 0.3 is 0 Å². The summed E-state index contributed by atoms with van der Waals surface area (Å²) >= 11 is 3.49. The van der Waals surface area contributed by atoms with E-state index in [1.807, 2.05) is 43.3 Å². The number of carbonyl (C=O) groups is 1. The number of para-hydroxylation sites is 1. The van der Waals surface area contributed by atoms with Gasteiger partial charge in [-0.05, 0) is 58.5 Å². The summed E-state index contributed by atoms with van der Waals surface area (Å²) in [5, 5.41) is 3.04. The quantitative estimate of drug-likeness (QED) is 0.776. The molecule has 0 spiro atoms. The van der Waals surface area contributed by atoms with Gasteiger partial charge in [-0.25, -0.2) is 0 Å². The second-order valence-corrected chi connectivity index (χ2v) is 6.08. The molecule has 1 unspecified atom stereocenters. The number of nitrogens with one attached hydrogen (secondary N) is 1. The van der Waals surface area contributed by atoms with Crippen LogP contribution in [-0.2, 0) is 0 Å². The molecule has 110 valence electrons. The molecule has 1 amide bonds. The third kappa shape index (κ3) is 3.53. The van der Waals surface area contributed by atoms with Crippen LogP contribution in [0.2, 0.25) is 0 Å². The van der Waals surface area contributed by atoms with Crippen molar-refractivity contribution in [2.75, 3.05) is 5.32 Å². The first-order chi connectivity index (χ1) is 10.0. The fourth-order valence-electron chi connectivity index (χ4n) is 2.27. The Hall–Kier alpha value is -1.61. The van der Waals surface area contributed by atoms with Crippen molar-refractivity contribution in [2.45, 2.75) is 33.1 Å². The van der Waals surface area contributed by atoms with Gasteiger partial charge in [0.05, 0.1) is 5.56 Å². The number of hydrogen-bond donors (Lipinski definition) is 1. The van der Waals surface area contributed by atoms with Gasteiger partial charge in [-0.2, -0.15) is 0 Å². The summed E-state index contributed by atoms with van der Waals surface area (Å²) in [7, 11) is 0. The highest BCUT2D eigenvalue weighted by atomic mass is 79.9. The highest BCUT2D eigenvalue weighted by Gasteiger charge is 2.14. The van der Waals surface area contributed by atoms with Crippen LogP contribution in [0.5, 0.6) is 0 Å². The number of anilines is 1. The van der Waals surface area contributed by atoms with Crippen LogP contribution in [0.25, 0.3) is 0 Å². The minimum absolute atomic E-state index is 0.0821. The molecule has 2 aromatic carbocycles. The third-order valence-corrected chi connectivity index (χ3v) is 4.84. The molecule has 0 saturated heterocycles. The lowest BCUT2D eigenvalue weighted by Crippen LogP contribution is -2.14. The van der Waals surface area contributed by atoms with Gasteiger partial charge in [-0.1, -0.05) is 44.2 Å². The Morgan fingerprint density at radius 3 is 2.62 bits per heavy atom. The zero-order valence-electron chi connectivity index (χ0n) is 12.6. The van der Waals surface area contributed by atoms with E-state index in [9.17, 15) is 4.79 Å². The van der Waals surface area contributed by atoms with Crippen molar-refractivity contribution in [1.82, 2.24) is 0 Å². The van der Waals surface area contributed by atoms with Crippen molar-refractivity contribution >= 4 is 27.5 Å². The molecule has 0 radical (unpaired) electrons. The number of halogens is 1. The van der Waals surface area contributed by atoms with Crippen LogP contribution >= 0.6 is 15.9 Å². The Bertz CT molecular complexity index is 651. The Morgan fingerprint density at radius 2 is 1.90 bits per heavy atom. The Balaban J connectivity index is 2.30. The lowest BCUT2D eigenvalue weighted by atomic mass is 9.96. The second kappa shape index (κ2) is 6.90. The summed E-state index contributed by atoms with van der Waals surface area (Å²) in [4.78, 5) is 12.5. The van der Waals surface area contributed by atoms with Crippen LogP contribution in [0.1, 0.15) is 47.7 Å². The van der Waals surface area contributed by atoms with Gasteiger partial charge in [0.25, 0.3) is 5.91 Å². The molecule has 2 aromatic rings. The van der Waals surface area contributed by atoms with Gasteiger partial charge in [0.2, 0.25) is 0 Å². The topological polar surface area (TPSA) is 29.1 Å². The molecule has 0 aliphatic heterocycles. The van der Waals surface area contributed by atoms with Crippen molar-refractivity contribution in [3.63, 3.8) is 0 Å². The number of hydrogen-bond acceptors (Lipinski definition) is 1. The summed E-state index contributed by atoms with van der Waals surface area (Å²) in [6.07, 6.45) is 1.04. The molecule has 0 heterocycles. The normalized spacial score (nSPS) is 12.0. The van der Waals surface area contributed by atoms with E-state index >= 15 is 0 Å². The minimum atomic E-state index is -0.0821. The molecule has 21 heavy (non-hydrogen) atoms. The number of amides is 1. The molecular weight excluding hydrogens is 326 g/mol. The maximum Gasteiger partial charge on any atom is 0.256 e. The third-order valence-electron chi connectivity index (χ3n) is 3.79. The van der Waals surface area contributed by atoms with E-state index in [0.717, 1.165) is 22.1 Å². The maximum absolute atomic E-state index is 12.5. The zero-order valence-corrected chi connectivity index (χ0v) is 14.2. The molecule has 0 bridgehead atoms. The van der Waals surface area contributed by atoms with E-state index in [2.05, 4.69) is 41.2 Å². The molecule has 0 aliphatic carbocycles. The molecule has 0 aromatic heterocycles. The number of rotatable bonds is 4. The summed E-state index contributed by atoms with van der Waals surface area (Å²) < 4.78 is 0.850. The fourth-order valence-corrected chi connectivity index (χ4v) is 2.72. The SMILES string of the molecule is CCC(C)c1ccccc1NC(=O)c1cccc(C)c1Br. The highest BCUT2D eigenvalue weighted by molar-refractivity contribution is 9.10. The van der Waals surface area contributed by atoms with Crippen LogP contribution in [0, 0.1) is 6.92 Å². The standard InChI is InChI=1S/C18H20BrNO/c1-4-12(2)14-9-5-6-11-16(14)20-18(21)15-10-7-8-13(3)17(15)19/h5-12H,4H2,1-3H3,(H,20,21). The zero-order chi connectivity index (χ0) is 15.4. The van der Waals surface area contributed by atoms with Crippen molar-refractivity contribution in [3.05, 3.63) is 63.6 Å². The number of benzene rings is 2. The highest BCUT2D eigenvalue weighted by Crippen LogP contribution is 2.28. The van der Waals surface area contributed by atoms with Crippen LogP contribution in [0.4, 0.5) is 5.69 Å². The Morgan fingerprint density at radius 1 is 1.19 bits per heavy atom. The predicted octanol–water partition coefficient (Wildman–Crippen LogP) is 5.52. The molecule has 1 atom stereocenters. The van der Waals surface area contributed by atoms with Crippen LogP contribution in [-0.4, -0.2) is 5.91 Å². The smallest absolute Gasteiger partial charge is 0.256 e. The molecule has 2 nitrogen and oxygen atoms in total. The first-order valence-electron chi connectivity index (χ1n) is 7.20. The lowest BCUT2D eigenvalue weighted by molar-refractivity contribution is 0.102. The van der Waals surface area contributed by atoms with Crippen molar-refractivity contribution < 1.29 is 4.79 Å². The Kier molecular flexibility index (Phi) is 5.18. The summed E-state index contributed by atoms with van der Waals surface area (Å²) in [5.41, 5.74) is 3.79. The van der Waals surface area contributed by atoms with Gasteiger partial charge in [0.1, 0.15) is 0 Å². The summed E-state index contributed by atoms with van der Waals surface area (Å²) in [6, 6.07) is 13.7. The summed E-state index contributed by atoms with van der Waals surface area (Å²) in [5.74, 6) is 0.337. The van der Waals surface area contributed by atoms with Gasteiger partial charge < -0.3 is 5.32 Å². The van der Waals surface area contributed by atoms with Crippen LogP contribution in [0.3, 0.4) is 0 Å². The van der Waals surface area contributed by atoms with E-state index in [1.165, 1.54) is 5.56 Å². The lowest BCUT2D eigenvalue weighted by Gasteiger charge is -2.16. The number of aryl methyl sites for hydroxylation is 1. The molecule has 0 saturated carbocycles. The van der Waals surface area contributed by atoms with E-state index in [-0.39, 0.29) is 5.91 Å². The van der Waals surface area contributed by atoms with E-state index in [0.29, 0.717) is 11.5 Å². The summed E-state index contributed by atoms with van der Waals surface area (Å²) in [6.45, 7) is 6.31. The van der Waals surface area contributed by atoms with E-state index in [1.54, 1.807) is 0 Å². The van der Waals surface area contributed by atoms with Gasteiger partial charge in [-0.15, -0.1) is 0 Å². The first kappa shape index (κ1) is 15.8. The second-order valence-electron chi connectivity index (χ2n) is 5.29. The Labute approximate surface area is 134 Å². The predicted molar refractivity (Wildman–Crippen MR) is 92.0 cm³/mol. The van der Waals surface area contributed by atoms with Gasteiger partial charge in [0, 0.05) is 10.2 Å². The van der Waals surface area contributed by atoms with Crippen molar-refractivity contribution in [1.29, 1.82) is 0 Å². The molecule has 2 rings (SSSR count). The molecule has 3 heteroatoms. The van der Waals surface area contributed by atoms with Crippen molar-refractivity contribution in [3.8, 4) is 0 Å². The molecule has 0 aliphatic rings. The average Bonchev–Trinajstić information content (AvgIpc) is 2.49. The first-order valence-corrected chi connectivity index (χ1v) is 7.99. The molecular formula is C18H20BrNO. The van der Waals surface area contributed by atoms with Crippen molar-refractivity contribution in [2.24, 2.45) is 0 Å². The van der Waals surface area contributed by atoms with Gasteiger partial charge in [-0.3, -0.25) is 4.79 Å². The van der Waals surface area contributed by atoms with Gasteiger partial charge in [0.15, 0.2) is 0 Å². The van der Waals surface area contributed by atoms with E-state index < -0.39 is 0 Å². The van der Waals surface area contributed by atoms with Crippen LogP contribution < -0.4 is 5.32 Å². The van der Waals surface area contributed by atoms with E-state index in [4.69, 9.17) is 0 Å². The average molecular weight is 346 g/mol. The fraction of sp³-hybridized carbons (Fsp3) is 0.278.